The van der Waals surface area contributed by atoms with Crippen molar-refractivity contribution in [3.63, 3.8) is 0 Å². The molecule has 0 saturated carbocycles. The second kappa shape index (κ2) is 6.27. The van der Waals surface area contributed by atoms with Gasteiger partial charge in [-0.15, -0.1) is 0 Å². The van der Waals surface area contributed by atoms with Crippen molar-refractivity contribution in [2.45, 2.75) is 19.8 Å². The van der Waals surface area contributed by atoms with Crippen molar-refractivity contribution < 1.29 is 9.90 Å². The number of carboxylic acid groups (broad SMARTS) is 1. The molecule has 0 aliphatic heterocycles. The van der Waals surface area contributed by atoms with Crippen LogP contribution in [0.5, 0.6) is 0 Å². The maximum atomic E-state index is 10.3. The molecule has 0 aliphatic carbocycles. The Morgan fingerprint density at radius 1 is 1.38 bits per heavy atom. The summed E-state index contributed by atoms with van der Waals surface area (Å²) < 4.78 is 1.00. The zero-order chi connectivity index (χ0) is 12.0. The smallest absolute Gasteiger partial charge is 0.303 e. The molecule has 0 bridgehead atoms. The average molecular weight is 285 g/mol. The molecule has 0 radical (unpaired) electrons. The Labute approximate surface area is 102 Å². The SMILES string of the molecule is CC(CCC(=O)O)=NNc1ccc(Br)cc1. The van der Waals surface area contributed by atoms with Gasteiger partial charge in [0, 0.05) is 10.2 Å². The zero-order valence-electron chi connectivity index (χ0n) is 8.90. The van der Waals surface area contributed by atoms with Crippen molar-refractivity contribution >= 4 is 33.3 Å². The van der Waals surface area contributed by atoms with Crippen LogP contribution >= 0.6 is 15.9 Å². The van der Waals surface area contributed by atoms with Crippen LogP contribution in [-0.2, 0) is 4.79 Å². The summed E-state index contributed by atoms with van der Waals surface area (Å²) >= 11 is 3.34. The summed E-state index contributed by atoms with van der Waals surface area (Å²) in [6, 6.07) is 7.59. The van der Waals surface area contributed by atoms with Gasteiger partial charge in [-0.3, -0.25) is 10.2 Å². The van der Waals surface area contributed by atoms with Gasteiger partial charge in [0.15, 0.2) is 0 Å². The van der Waals surface area contributed by atoms with Crippen LogP contribution in [-0.4, -0.2) is 16.8 Å². The number of carbonyl (C=O) groups is 1. The Hall–Kier alpha value is -1.36. The van der Waals surface area contributed by atoms with Crippen LogP contribution in [0.1, 0.15) is 19.8 Å². The summed E-state index contributed by atoms with van der Waals surface area (Å²) in [5.74, 6) is -0.807. The van der Waals surface area contributed by atoms with Crippen LogP contribution in [0.25, 0.3) is 0 Å². The molecular weight excluding hydrogens is 272 g/mol. The number of nitrogens with one attached hydrogen (secondary N) is 1. The third kappa shape index (κ3) is 4.93. The van der Waals surface area contributed by atoms with Gasteiger partial charge in [0.25, 0.3) is 0 Å². The third-order valence-corrected chi connectivity index (χ3v) is 2.45. The standard InChI is InChI=1S/C11H13BrN2O2/c1-8(2-7-11(15)16)13-14-10-5-3-9(12)4-6-10/h3-6,14H,2,7H2,1H3,(H,15,16). The summed E-state index contributed by atoms with van der Waals surface area (Å²) in [6.07, 6.45) is 0.566. The van der Waals surface area contributed by atoms with Crippen molar-refractivity contribution in [2.75, 3.05) is 5.43 Å². The van der Waals surface area contributed by atoms with Gasteiger partial charge < -0.3 is 5.11 Å². The van der Waals surface area contributed by atoms with Gasteiger partial charge in [0.05, 0.1) is 12.1 Å². The number of aliphatic carboxylic acids is 1. The molecule has 16 heavy (non-hydrogen) atoms. The molecule has 4 nitrogen and oxygen atoms in total. The molecule has 2 N–H and O–H groups in total. The highest BCUT2D eigenvalue weighted by Crippen LogP contribution is 2.14. The molecule has 0 saturated heterocycles. The minimum Gasteiger partial charge on any atom is -0.481 e. The molecule has 1 aromatic carbocycles. The predicted octanol–water partition coefficient (Wildman–Crippen LogP) is 3.10. The van der Waals surface area contributed by atoms with Crippen molar-refractivity contribution in [1.82, 2.24) is 0 Å². The molecule has 0 unspecified atom stereocenters. The maximum absolute atomic E-state index is 10.3. The van der Waals surface area contributed by atoms with E-state index in [1.54, 1.807) is 6.92 Å². The molecule has 0 heterocycles. The van der Waals surface area contributed by atoms with Gasteiger partial charge in [0.1, 0.15) is 0 Å². The lowest BCUT2D eigenvalue weighted by Crippen LogP contribution is -2.02. The van der Waals surface area contributed by atoms with E-state index in [1.165, 1.54) is 0 Å². The Morgan fingerprint density at radius 3 is 2.56 bits per heavy atom. The Morgan fingerprint density at radius 2 is 2.00 bits per heavy atom. The number of anilines is 1. The lowest BCUT2D eigenvalue weighted by Gasteiger charge is -2.02. The molecule has 5 heteroatoms. The van der Waals surface area contributed by atoms with Crippen LogP contribution in [0, 0.1) is 0 Å². The van der Waals surface area contributed by atoms with E-state index >= 15 is 0 Å². The number of nitrogens with zero attached hydrogens (tertiary/aromatic N) is 1. The molecule has 0 aromatic heterocycles. The highest BCUT2D eigenvalue weighted by Gasteiger charge is 1.98. The molecule has 0 aliphatic rings. The van der Waals surface area contributed by atoms with E-state index in [0.717, 1.165) is 15.9 Å². The molecule has 0 fully saturated rings. The van der Waals surface area contributed by atoms with E-state index in [-0.39, 0.29) is 6.42 Å². The van der Waals surface area contributed by atoms with Gasteiger partial charge in [-0.1, -0.05) is 15.9 Å². The fourth-order valence-electron chi connectivity index (χ4n) is 1.03. The number of hydrogen-bond donors (Lipinski definition) is 2. The monoisotopic (exact) mass is 284 g/mol. The first-order chi connectivity index (χ1) is 7.58. The zero-order valence-corrected chi connectivity index (χ0v) is 10.5. The van der Waals surface area contributed by atoms with Crippen molar-refractivity contribution in [1.29, 1.82) is 0 Å². The summed E-state index contributed by atoms with van der Waals surface area (Å²) in [4.78, 5) is 10.3. The predicted molar refractivity (Wildman–Crippen MR) is 67.7 cm³/mol. The molecule has 1 rings (SSSR count). The average Bonchev–Trinajstić information content (AvgIpc) is 2.25. The van der Waals surface area contributed by atoms with Gasteiger partial charge in [-0.05, 0) is 37.6 Å². The molecule has 0 atom stereocenters. The van der Waals surface area contributed by atoms with Gasteiger partial charge in [0.2, 0.25) is 0 Å². The molecule has 86 valence electrons. The Balaban J connectivity index is 2.45. The quantitative estimate of drug-likeness (QED) is 0.645. The summed E-state index contributed by atoms with van der Waals surface area (Å²) in [5.41, 5.74) is 4.51. The Kier molecular flexibility index (Phi) is 4.98. The van der Waals surface area contributed by atoms with E-state index < -0.39 is 5.97 Å². The largest absolute Gasteiger partial charge is 0.481 e. The van der Waals surface area contributed by atoms with Gasteiger partial charge in [-0.25, -0.2) is 0 Å². The number of rotatable bonds is 5. The molecule has 0 amide bonds. The minimum atomic E-state index is -0.807. The minimum absolute atomic E-state index is 0.108. The summed E-state index contributed by atoms with van der Waals surface area (Å²) in [5, 5.41) is 12.6. The highest BCUT2D eigenvalue weighted by molar-refractivity contribution is 9.10. The van der Waals surface area contributed by atoms with Crippen LogP contribution < -0.4 is 5.43 Å². The van der Waals surface area contributed by atoms with E-state index in [9.17, 15) is 4.79 Å². The molecule has 0 spiro atoms. The lowest BCUT2D eigenvalue weighted by atomic mass is 10.2. The van der Waals surface area contributed by atoms with E-state index in [1.807, 2.05) is 24.3 Å². The molecular formula is C11H13BrN2O2. The third-order valence-electron chi connectivity index (χ3n) is 1.92. The first-order valence-electron chi connectivity index (χ1n) is 4.84. The van der Waals surface area contributed by atoms with Crippen LogP contribution in [0.4, 0.5) is 5.69 Å². The second-order valence-electron chi connectivity index (χ2n) is 3.36. The fourth-order valence-corrected chi connectivity index (χ4v) is 1.29. The van der Waals surface area contributed by atoms with Crippen molar-refractivity contribution in [3.05, 3.63) is 28.7 Å². The normalized spacial score (nSPS) is 11.2. The topological polar surface area (TPSA) is 61.7 Å². The number of hydrazone groups is 1. The van der Waals surface area contributed by atoms with E-state index in [0.29, 0.717) is 6.42 Å². The van der Waals surface area contributed by atoms with Crippen LogP contribution in [0.2, 0.25) is 0 Å². The van der Waals surface area contributed by atoms with E-state index in [4.69, 9.17) is 5.11 Å². The number of halogens is 1. The first-order valence-corrected chi connectivity index (χ1v) is 5.64. The van der Waals surface area contributed by atoms with E-state index in [2.05, 4.69) is 26.5 Å². The summed E-state index contributed by atoms with van der Waals surface area (Å²) in [7, 11) is 0. The van der Waals surface area contributed by atoms with Crippen LogP contribution in [0.15, 0.2) is 33.8 Å². The number of carboxylic acids is 1. The summed E-state index contributed by atoms with van der Waals surface area (Å²) in [6.45, 7) is 1.80. The highest BCUT2D eigenvalue weighted by atomic mass is 79.9. The molecule has 1 aromatic rings. The Bertz CT molecular complexity index is 387. The lowest BCUT2D eigenvalue weighted by molar-refractivity contribution is -0.136. The number of benzene rings is 1. The van der Waals surface area contributed by atoms with Gasteiger partial charge in [-0.2, -0.15) is 5.10 Å². The first kappa shape index (κ1) is 12.7. The maximum Gasteiger partial charge on any atom is 0.303 e. The second-order valence-corrected chi connectivity index (χ2v) is 4.28. The fraction of sp³-hybridized carbons (Fsp3) is 0.273. The van der Waals surface area contributed by atoms with Crippen molar-refractivity contribution in [3.8, 4) is 0 Å². The van der Waals surface area contributed by atoms with Crippen LogP contribution in [0.3, 0.4) is 0 Å². The van der Waals surface area contributed by atoms with Crippen molar-refractivity contribution in [2.24, 2.45) is 5.10 Å². The number of hydrogen-bond acceptors (Lipinski definition) is 3. The van der Waals surface area contributed by atoms with Gasteiger partial charge >= 0.3 is 5.97 Å².